The molecule has 23 heteroatoms. The van der Waals surface area contributed by atoms with Gasteiger partial charge in [-0.3, -0.25) is 47.9 Å². The summed E-state index contributed by atoms with van der Waals surface area (Å²) >= 11 is 0. The van der Waals surface area contributed by atoms with E-state index >= 15 is 0 Å². The molecule has 3 N–H and O–H groups in total. The molecule has 0 unspecified atom stereocenters. The molecule has 6 amide bonds. The van der Waals surface area contributed by atoms with Gasteiger partial charge in [-0.1, -0.05) is 62.0 Å². The van der Waals surface area contributed by atoms with Crippen LogP contribution in [0.1, 0.15) is 103 Å². The van der Waals surface area contributed by atoms with Gasteiger partial charge in [0.05, 0.1) is 16.7 Å². The summed E-state index contributed by atoms with van der Waals surface area (Å²) in [5.74, 6) is -3.51. The summed E-state index contributed by atoms with van der Waals surface area (Å²) in [7, 11) is 0. The Morgan fingerprint density at radius 1 is 0.506 bits per heavy atom. The highest BCUT2D eigenvalue weighted by Crippen LogP contribution is 2.27. The number of piperazine rings is 3. The minimum Gasteiger partial charge on any atom is -0.427 e. The van der Waals surface area contributed by atoms with Gasteiger partial charge in [-0.15, -0.1) is 0 Å². The third-order valence-electron chi connectivity index (χ3n) is 15.9. The number of nitrogens with one attached hydrogen (secondary N) is 2. The first kappa shape index (κ1) is 64.3. The number of pyridine rings is 3. The lowest BCUT2D eigenvalue weighted by molar-refractivity contribution is -0.130. The fourth-order valence-corrected chi connectivity index (χ4v) is 11.3. The Labute approximate surface area is 513 Å². The molecular formula is C66H71FN12O10. The van der Waals surface area contributed by atoms with Crippen molar-refractivity contribution >= 4 is 74.9 Å². The second kappa shape index (κ2) is 27.8. The minimum atomic E-state index is -0.673. The van der Waals surface area contributed by atoms with Crippen molar-refractivity contribution < 1.29 is 54.5 Å². The number of aryl methyl sites for hydroxylation is 2. The highest BCUT2D eigenvalue weighted by Gasteiger charge is 2.38. The zero-order chi connectivity index (χ0) is 61.6. The van der Waals surface area contributed by atoms with Crippen LogP contribution in [0.15, 0.2) is 152 Å². The Balaban J connectivity index is 0.000000189. The van der Waals surface area contributed by atoms with E-state index in [1.54, 1.807) is 91.5 Å². The molecule has 9 heterocycles. The van der Waals surface area contributed by atoms with E-state index < -0.39 is 35.1 Å². The van der Waals surface area contributed by atoms with Gasteiger partial charge in [-0.2, -0.15) is 4.73 Å². The number of aromatic amines is 2. The average molecular weight is 1210 g/mol. The van der Waals surface area contributed by atoms with Crippen molar-refractivity contribution in [1.29, 1.82) is 0 Å². The monoisotopic (exact) mass is 1210 g/mol. The predicted octanol–water partition coefficient (Wildman–Crippen LogP) is 7.67. The lowest BCUT2D eigenvalue weighted by atomic mass is 10.0. The molecule has 12 rings (SSSR count). The largest absolute Gasteiger partial charge is 0.427 e. The standard InChI is InChI=1S/2C22H22N4O3.C21H20N4O4.CH4.FH.H2/c1-14-8-9-23-20-18(14)17(12-24-20)19(27)22(29)26-11-10-25(13-15(26)2)21(28)16-6-4-3-5-7-16;1-14-8-9-17-18(12-23-20(17)24-14)19(27)22(29)26-11-10-25(13-15(26)2)21(28)16-6-4-3-5-7-16;1-14-13-23(20(27)15-6-3-2-4-7-15)10-11-24(14)21(28)18(26)17-12-22-19-16(17)8-5-9-25(19)29;;;/h2*3-9,12,15H,10-11,13H2,1-2H3,(H,23,24);2-9,12,14,29H,10-11,13H2,1H3;1H4;2*1H/t2*15-;14-;;;/m111.../s1/i;;;;;1+2. The number of H-pyrrole nitrogens is 2. The van der Waals surface area contributed by atoms with E-state index in [4.69, 9.17) is 0 Å². The number of halogens is 1. The van der Waals surface area contributed by atoms with E-state index in [1.165, 1.54) is 23.5 Å². The predicted molar refractivity (Wildman–Crippen MR) is 333 cm³/mol. The number of carbonyl (C=O) groups excluding carboxylic acids is 9. The third kappa shape index (κ3) is 13.5. The fraction of sp³-hybridized carbons (Fsp3) is 0.273. The van der Waals surface area contributed by atoms with Crippen LogP contribution < -0.4 is 0 Å². The Morgan fingerprint density at radius 3 is 1.39 bits per heavy atom. The Hall–Kier alpha value is -10.7. The molecule has 7 aromatic rings. The van der Waals surface area contributed by atoms with E-state index in [0.29, 0.717) is 108 Å². The van der Waals surface area contributed by atoms with Gasteiger partial charge in [0, 0.05) is 148 Å². The molecule has 5 aliphatic heterocycles. The highest BCUT2D eigenvalue weighted by atomic mass is 19.0. The first-order chi connectivity index (χ1) is 41.9. The topological polar surface area (TPSA) is 268 Å². The van der Waals surface area contributed by atoms with Gasteiger partial charge in [-0.05, 0) is 107 Å². The SMILES string of the molecule is C.C[C@@H]1CN(C(=O)c2ccccc2)CCN1C(=O)C(=O)c1cnc2n(O)cccc1-2.Cc1ccc2c(C(=O)C(=O)N3CCN(C(=O)c4ccccc4)C[C@H]3C)c[nH]c2n1.Cc1ccnc2[nH]cc(C(=O)C(=O)N3CCN(C(=O)c4ccccc4)C[C@H]3C)c12.F.[3HH]. The molecule has 3 saturated heterocycles. The number of benzene rings is 3. The van der Waals surface area contributed by atoms with Gasteiger partial charge in [-0.25, -0.2) is 15.0 Å². The van der Waals surface area contributed by atoms with Crippen LogP contribution in [0, 0.1) is 13.8 Å². The number of fused-ring (bicyclic) bond motifs is 3. The molecule has 0 spiro atoms. The summed E-state index contributed by atoms with van der Waals surface area (Å²) in [4.78, 5) is 144. The van der Waals surface area contributed by atoms with Gasteiger partial charge < -0.3 is 44.6 Å². The molecule has 0 saturated carbocycles. The number of carbonyl (C=O) groups is 9. The van der Waals surface area contributed by atoms with Crippen molar-refractivity contribution in [3.63, 3.8) is 0 Å². The quantitative estimate of drug-likeness (QED) is 0.0712. The van der Waals surface area contributed by atoms with Crippen LogP contribution in [0.3, 0.4) is 0 Å². The van der Waals surface area contributed by atoms with E-state index in [-0.39, 0.29) is 67.3 Å². The maximum Gasteiger partial charge on any atom is 0.295 e. The molecule has 0 aliphatic carbocycles. The first-order valence-corrected chi connectivity index (χ1v) is 28.5. The van der Waals surface area contributed by atoms with Crippen LogP contribution in [0.5, 0.6) is 0 Å². The molecule has 3 atom stereocenters. The maximum atomic E-state index is 12.9. The van der Waals surface area contributed by atoms with Crippen molar-refractivity contribution in [2.45, 2.75) is 60.2 Å². The molecular weight excluding hydrogens is 1140 g/mol. The number of hydrogen-bond donors (Lipinski definition) is 3. The van der Waals surface area contributed by atoms with Crippen LogP contribution >= 0.6 is 0 Å². The number of rotatable bonds is 9. The molecule has 5 aliphatic rings. The highest BCUT2D eigenvalue weighted by molar-refractivity contribution is 6.46. The van der Waals surface area contributed by atoms with E-state index in [2.05, 4.69) is 24.9 Å². The van der Waals surface area contributed by atoms with Crippen molar-refractivity contribution in [2.75, 3.05) is 58.9 Å². The van der Waals surface area contributed by atoms with Gasteiger partial charge in [0.15, 0.2) is 5.82 Å². The van der Waals surface area contributed by atoms with Crippen LogP contribution in [0.4, 0.5) is 4.70 Å². The first-order valence-electron chi connectivity index (χ1n) is 28.5. The minimum absolute atomic E-state index is 0. The third-order valence-corrected chi connectivity index (χ3v) is 15.9. The van der Waals surface area contributed by atoms with Crippen LogP contribution in [0.25, 0.3) is 33.5 Å². The average Bonchev–Trinajstić information content (AvgIpc) is 1.98. The molecule has 462 valence electrons. The lowest BCUT2D eigenvalue weighted by Gasteiger charge is -2.39. The number of amides is 6. The number of aromatic nitrogens is 6. The van der Waals surface area contributed by atoms with Crippen molar-refractivity contribution in [3.8, 4) is 11.4 Å². The van der Waals surface area contributed by atoms with E-state index in [1.807, 2.05) is 101 Å². The van der Waals surface area contributed by atoms with E-state index in [0.717, 1.165) is 16.0 Å². The summed E-state index contributed by atoms with van der Waals surface area (Å²) in [5, 5.41) is 11.1. The number of nitrogens with zero attached hydrogens (tertiary/aromatic N) is 10. The maximum absolute atomic E-state index is 12.9. The van der Waals surface area contributed by atoms with Crippen molar-refractivity contribution in [1.82, 2.24) is 59.0 Å². The second-order valence-corrected chi connectivity index (χ2v) is 21.7. The fourth-order valence-electron chi connectivity index (χ4n) is 11.3. The van der Waals surface area contributed by atoms with Crippen molar-refractivity contribution in [3.05, 3.63) is 197 Å². The summed E-state index contributed by atoms with van der Waals surface area (Å²) in [5.41, 5.74) is 5.98. The molecule has 0 radical (unpaired) electrons. The van der Waals surface area contributed by atoms with Gasteiger partial charge in [0.25, 0.3) is 52.8 Å². The van der Waals surface area contributed by atoms with Crippen LogP contribution in [-0.4, -0.2) is 194 Å². The Bertz CT molecular complexity index is 4060. The smallest absolute Gasteiger partial charge is 0.295 e. The lowest BCUT2D eigenvalue weighted by Crippen LogP contribution is -2.56. The van der Waals surface area contributed by atoms with Gasteiger partial charge in [0.2, 0.25) is 0 Å². The summed E-state index contributed by atoms with van der Waals surface area (Å²) < 4.78 is 0.813. The summed E-state index contributed by atoms with van der Waals surface area (Å²) in [6.07, 6.45) is 7.45. The Morgan fingerprint density at radius 2 is 0.933 bits per heavy atom. The number of ketones is 3. The molecule has 4 aromatic heterocycles. The summed E-state index contributed by atoms with van der Waals surface area (Å²) in [6, 6.07) is 35.0. The number of hydrogen-bond acceptors (Lipinski definition) is 13. The van der Waals surface area contributed by atoms with Gasteiger partial charge in [0.1, 0.15) is 11.3 Å². The normalized spacial score (nSPS) is 16.4. The second-order valence-electron chi connectivity index (χ2n) is 21.7. The molecule has 3 aromatic carbocycles. The number of Topliss-reactive ketones (excluding diaryl/α,β-unsaturated/α-hetero) is 3. The molecule has 22 nitrogen and oxygen atoms in total. The molecule has 89 heavy (non-hydrogen) atoms. The van der Waals surface area contributed by atoms with Gasteiger partial charge >= 0.3 is 0 Å². The Kier molecular flexibility index (Phi) is 20.1. The van der Waals surface area contributed by atoms with Crippen LogP contribution in [-0.2, 0) is 14.4 Å². The molecule has 0 bridgehead atoms. The van der Waals surface area contributed by atoms with E-state index in [9.17, 15) is 48.4 Å². The zero-order valence-corrected chi connectivity index (χ0v) is 49.0. The summed E-state index contributed by atoms with van der Waals surface area (Å²) in [6.45, 7) is 12.5. The van der Waals surface area contributed by atoms with Crippen molar-refractivity contribution in [2.24, 2.45) is 0 Å². The van der Waals surface area contributed by atoms with Crippen LogP contribution in [0.2, 0.25) is 0 Å². The zero-order valence-electron chi connectivity index (χ0n) is 49.0. The molecule has 3 fully saturated rings.